The van der Waals surface area contributed by atoms with Crippen LogP contribution < -0.4 is 0 Å². The Morgan fingerprint density at radius 3 is 2.83 bits per heavy atom. The molecule has 0 aromatic carbocycles. The number of esters is 1. The van der Waals surface area contributed by atoms with Crippen molar-refractivity contribution in [1.29, 1.82) is 0 Å². The minimum Gasteiger partial charge on any atom is -0.456 e. The Kier molecular flexibility index (Phi) is 2.81. The molecule has 0 unspecified atom stereocenters. The first-order chi connectivity index (χ1) is 5.59. The van der Waals surface area contributed by atoms with Crippen molar-refractivity contribution in [3.8, 4) is 0 Å². The Morgan fingerprint density at radius 2 is 2.42 bits per heavy atom. The number of carbonyl (C=O) groups is 1. The van der Waals surface area contributed by atoms with Crippen LogP contribution in [-0.4, -0.2) is 11.0 Å². The molecule has 0 saturated carbocycles. The summed E-state index contributed by atoms with van der Waals surface area (Å²) in [6.45, 7) is 5.14. The molecule has 1 aromatic heterocycles. The molecule has 3 nitrogen and oxygen atoms in total. The van der Waals surface area contributed by atoms with Crippen molar-refractivity contribution >= 4 is 17.3 Å². The van der Waals surface area contributed by atoms with Gasteiger partial charge in [0.05, 0.1) is 10.7 Å². The molecule has 0 aliphatic heterocycles. The van der Waals surface area contributed by atoms with Crippen LogP contribution in [0.1, 0.15) is 30.7 Å². The van der Waals surface area contributed by atoms with Gasteiger partial charge in [-0.1, -0.05) is 0 Å². The Bertz CT molecular complexity index is 282. The second-order valence-corrected chi connectivity index (χ2v) is 3.61. The topological polar surface area (TPSA) is 39.2 Å². The summed E-state index contributed by atoms with van der Waals surface area (Å²) in [4.78, 5) is 14.8. The maximum Gasteiger partial charge on any atom is 0.303 e. The number of rotatable bonds is 2. The van der Waals surface area contributed by atoms with Crippen molar-refractivity contribution in [2.45, 2.75) is 26.9 Å². The molecule has 12 heavy (non-hydrogen) atoms. The van der Waals surface area contributed by atoms with Crippen LogP contribution >= 0.6 is 11.3 Å². The first-order valence-corrected chi connectivity index (χ1v) is 4.57. The summed E-state index contributed by atoms with van der Waals surface area (Å²) in [5, 5.41) is 2.90. The van der Waals surface area contributed by atoms with Crippen molar-refractivity contribution in [3.63, 3.8) is 0 Å². The van der Waals surface area contributed by atoms with Crippen LogP contribution in [0.25, 0.3) is 0 Å². The van der Waals surface area contributed by atoms with Crippen molar-refractivity contribution in [2.24, 2.45) is 0 Å². The van der Waals surface area contributed by atoms with Crippen LogP contribution in [0.3, 0.4) is 0 Å². The Balaban J connectivity index is 2.64. The molecule has 1 aromatic rings. The second kappa shape index (κ2) is 3.67. The summed E-state index contributed by atoms with van der Waals surface area (Å²) < 4.78 is 4.95. The normalized spacial score (nSPS) is 12.6. The van der Waals surface area contributed by atoms with Gasteiger partial charge in [-0.2, -0.15) is 0 Å². The van der Waals surface area contributed by atoms with Gasteiger partial charge in [-0.3, -0.25) is 4.79 Å². The molecule has 0 amide bonds. The van der Waals surface area contributed by atoms with Crippen LogP contribution in [0.5, 0.6) is 0 Å². The lowest BCUT2D eigenvalue weighted by Gasteiger charge is -2.07. The molecule has 0 saturated heterocycles. The summed E-state index contributed by atoms with van der Waals surface area (Å²) in [7, 11) is 0. The van der Waals surface area contributed by atoms with Gasteiger partial charge in [0, 0.05) is 12.3 Å². The lowest BCUT2D eigenvalue weighted by molar-refractivity contribution is -0.145. The smallest absolute Gasteiger partial charge is 0.303 e. The van der Waals surface area contributed by atoms with Crippen molar-refractivity contribution < 1.29 is 9.53 Å². The molecule has 0 spiro atoms. The van der Waals surface area contributed by atoms with Crippen molar-refractivity contribution in [2.75, 3.05) is 0 Å². The minimum atomic E-state index is -0.270. The average molecular weight is 185 g/mol. The molecule has 1 heterocycles. The van der Waals surface area contributed by atoms with Gasteiger partial charge in [-0.25, -0.2) is 4.98 Å². The summed E-state index contributed by atoms with van der Waals surface area (Å²) in [6.07, 6.45) is -0.229. The van der Waals surface area contributed by atoms with E-state index in [0.29, 0.717) is 0 Å². The minimum absolute atomic E-state index is 0.229. The van der Waals surface area contributed by atoms with E-state index in [2.05, 4.69) is 4.98 Å². The molecule has 1 atom stereocenters. The van der Waals surface area contributed by atoms with Crippen molar-refractivity contribution in [1.82, 2.24) is 4.98 Å². The summed E-state index contributed by atoms with van der Waals surface area (Å²) in [6, 6.07) is 0. The van der Waals surface area contributed by atoms with Crippen molar-refractivity contribution in [3.05, 3.63) is 16.1 Å². The fourth-order valence-corrected chi connectivity index (χ4v) is 1.57. The lowest BCUT2D eigenvalue weighted by atomic mass is 10.3. The first-order valence-electron chi connectivity index (χ1n) is 3.69. The highest BCUT2D eigenvalue weighted by Crippen LogP contribution is 2.18. The summed E-state index contributed by atoms with van der Waals surface area (Å²) in [5.41, 5.74) is 0.827. The van der Waals surface area contributed by atoms with Gasteiger partial charge in [0.25, 0.3) is 0 Å². The van der Waals surface area contributed by atoms with Gasteiger partial charge < -0.3 is 4.74 Å². The van der Waals surface area contributed by atoms with Gasteiger partial charge in [0.1, 0.15) is 6.10 Å². The Morgan fingerprint density at radius 1 is 1.75 bits per heavy atom. The third-order valence-electron chi connectivity index (χ3n) is 1.40. The number of ether oxygens (including phenoxy) is 1. The van der Waals surface area contributed by atoms with E-state index in [1.807, 2.05) is 19.2 Å². The zero-order valence-electron chi connectivity index (χ0n) is 7.33. The van der Waals surface area contributed by atoms with E-state index >= 15 is 0 Å². The Hall–Kier alpha value is -0.900. The lowest BCUT2D eigenvalue weighted by Crippen LogP contribution is -2.04. The van der Waals surface area contributed by atoms with Crippen LogP contribution in [0.2, 0.25) is 0 Å². The van der Waals surface area contributed by atoms with E-state index in [1.165, 1.54) is 6.92 Å². The fraction of sp³-hybridized carbons (Fsp3) is 0.500. The second-order valence-electron chi connectivity index (χ2n) is 2.54. The number of hydrogen-bond donors (Lipinski definition) is 0. The third kappa shape index (κ3) is 2.30. The summed E-state index contributed by atoms with van der Waals surface area (Å²) in [5.74, 6) is -0.270. The maximum absolute atomic E-state index is 10.6. The van der Waals surface area contributed by atoms with Gasteiger partial charge in [0.15, 0.2) is 0 Å². The molecule has 0 radical (unpaired) electrons. The van der Waals surface area contributed by atoms with Crippen LogP contribution in [0.4, 0.5) is 0 Å². The maximum atomic E-state index is 10.6. The Labute approximate surface area is 75.4 Å². The van der Waals surface area contributed by atoms with Gasteiger partial charge in [0.2, 0.25) is 0 Å². The molecular weight excluding hydrogens is 174 g/mol. The monoisotopic (exact) mass is 185 g/mol. The van der Waals surface area contributed by atoms with Crippen LogP contribution in [-0.2, 0) is 9.53 Å². The zero-order chi connectivity index (χ0) is 9.14. The first kappa shape index (κ1) is 9.19. The number of aryl methyl sites for hydroxylation is 1. The molecule has 0 aliphatic carbocycles. The number of carbonyl (C=O) groups excluding carboxylic acids is 1. The quantitative estimate of drug-likeness (QED) is 0.662. The molecule has 0 aliphatic rings. The molecule has 0 bridgehead atoms. The molecule has 0 fully saturated rings. The van der Waals surface area contributed by atoms with E-state index in [-0.39, 0.29) is 12.1 Å². The fourth-order valence-electron chi connectivity index (χ4n) is 0.876. The van der Waals surface area contributed by atoms with Gasteiger partial charge in [-0.05, 0) is 13.8 Å². The van der Waals surface area contributed by atoms with Crippen LogP contribution in [0.15, 0.2) is 5.38 Å². The predicted molar refractivity (Wildman–Crippen MR) is 47.0 cm³/mol. The van der Waals surface area contributed by atoms with Gasteiger partial charge >= 0.3 is 5.97 Å². The number of thiazole rings is 1. The molecular formula is C8H11NO2S. The number of aromatic nitrogens is 1. The highest BCUT2D eigenvalue weighted by molar-refractivity contribution is 7.09. The molecule has 66 valence electrons. The highest BCUT2D eigenvalue weighted by atomic mass is 32.1. The van der Waals surface area contributed by atoms with E-state index in [0.717, 1.165) is 10.7 Å². The van der Waals surface area contributed by atoms with E-state index in [4.69, 9.17) is 4.74 Å². The van der Waals surface area contributed by atoms with Gasteiger partial charge in [-0.15, -0.1) is 11.3 Å². The SMILES string of the molecule is CC(=O)O[C@@H](C)c1csc(C)n1. The largest absolute Gasteiger partial charge is 0.456 e. The molecule has 1 rings (SSSR count). The van der Waals surface area contributed by atoms with E-state index in [9.17, 15) is 4.79 Å². The average Bonchev–Trinajstić information content (AvgIpc) is 2.34. The van der Waals surface area contributed by atoms with Crippen LogP contribution in [0, 0.1) is 6.92 Å². The number of nitrogens with zero attached hydrogens (tertiary/aromatic N) is 1. The summed E-state index contributed by atoms with van der Waals surface area (Å²) >= 11 is 1.56. The number of hydrogen-bond acceptors (Lipinski definition) is 4. The molecule has 4 heteroatoms. The van der Waals surface area contributed by atoms with E-state index < -0.39 is 0 Å². The predicted octanol–water partition coefficient (Wildman–Crippen LogP) is 2.08. The standard InChI is InChI=1S/C8H11NO2S/c1-5(11-7(3)10)8-4-12-6(2)9-8/h4-5H,1-3H3/t5-/m0/s1. The highest BCUT2D eigenvalue weighted by Gasteiger charge is 2.10. The third-order valence-corrected chi connectivity index (χ3v) is 2.19. The zero-order valence-corrected chi connectivity index (χ0v) is 8.14. The molecule has 0 N–H and O–H groups in total. The van der Waals surface area contributed by atoms with E-state index in [1.54, 1.807) is 11.3 Å².